The van der Waals surface area contributed by atoms with E-state index in [1.54, 1.807) is 18.2 Å². The number of rotatable bonds is 8. The Labute approximate surface area is 230 Å². The summed E-state index contributed by atoms with van der Waals surface area (Å²) in [5.41, 5.74) is 2.21. The minimum atomic E-state index is -4.11. The highest BCUT2D eigenvalue weighted by Gasteiger charge is 2.28. The van der Waals surface area contributed by atoms with Gasteiger partial charge in [-0.3, -0.25) is 10.1 Å². The maximum atomic E-state index is 13.4. The van der Waals surface area contributed by atoms with Crippen LogP contribution in [-0.4, -0.2) is 24.5 Å². The molecule has 0 aliphatic heterocycles. The summed E-state index contributed by atoms with van der Waals surface area (Å²) in [5.74, 6) is 0. The van der Waals surface area contributed by atoms with Gasteiger partial charge in [-0.25, -0.2) is 8.42 Å². The van der Waals surface area contributed by atoms with Gasteiger partial charge in [0.05, 0.1) is 15.5 Å². The second-order valence-electron chi connectivity index (χ2n) is 8.48. The van der Waals surface area contributed by atoms with Crippen LogP contribution in [0.4, 0.5) is 11.4 Å². The van der Waals surface area contributed by atoms with Crippen molar-refractivity contribution in [3.8, 4) is 0 Å². The number of halogens is 2. The van der Waals surface area contributed by atoms with E-state index < -0.39 is 20.4 Å². The molecule has 0 bridgehead atoms. The van der Waals surface area contributed by atoms with Crippen LogP contribution < -0.4 is 5.32 Å². The van der Waals surface area contributed by atoms with Crippen molar-refractivity contribution in [1.82, 2.24) is 4.57 Å². The quantitative estimate of drug-likeness (QED) is 0.107. The van der Waals surface area contributed by atoms with E-state index in [1.807, 2.05) is 12.1 Å². The number of para-hydroxylation sites is 2. The van der Waals surface area contributed by atoms with Crippen molar-refractivity contribution in [3.63, 3.8) is 0 Å². The second-order valence-corrected chi connectivity index (χ2v) is 12.2. The van der Waals surface area contributed by atoms with E-state index in [-0.39, 0.29) is 9.79 Å². The molecule has 1 heterocycles. The molecule has 5 aromatic rings. The number of nitrogens with zero attached hydrogens (tertiary/aromatic N) is 2. The average Bonchev–Trinajstić information content (AvgIpc) is 3.18. The van der Waals surface area contributed by atoms with Gasteiger partial charge >= 0.3 is 0 Å². The highest BCUT2D eigenvalue weighted by molar-refractivity contribution is 9.10. The Morgan fingerprint density at radius 2 is 1.38 bits per heavy atom. The second kappa shape index (κ2) is 10.3. The molecule has 4 aromatic carbocycles. The van der Waals surface area contributed by atoms with Crippen LogP contribution in [0.5, 0.6) is 0 Å². The summed E-state index contributed by atoms with van der Waals surface area (Å²) in [6.45, 7) is 1.23. The Hall–Kier alpha value is -3.21. The van der Waals surface area contributed by atoms with E-state index in [0.717, 1.165) is 43.7 Å². The molecule has 0 saturated heterocycles. The predicted molar refractivity (Wildman–Crippen MR) is 153 cm³/mol. The number of nitro benzene ring substituents is 1. The fourth-order valence-corrected chi connectivity index (χ4v) is 6.87. The topological polar surface area (TPSA) is 94.2 Å². The summed E-state index contributed by atoms with van der Waals surface area (Å²) in [4.78, 5) is 10.5. The molecule has 7 nitrogen and oxygen atoms in total. The van der Waals surface area contributed by atoms with Crippen molar-refractivity contribution >= 4 is 74.9 Å². The molecule has 0 unspecified atom stereocenters. The van der Waals surface area contributed by atoms with E-state index in [0.29, 0.717) is 12.2 Å². The number of benzene rings is 4. The van der Waals surface area contributed by atoms with Crippen molar-refractivity contribution in [3.05, 3.63) is 104 Å². The Bertz CT molecular complexity index is 1710. The van der Waals surface area contributed by atoms with Gasteiger partial charge in [-0.15, -0.1) is 0 Å². The minimum absolute atomic E-state index is 0.0101. The van der Waals surface area contributed by atoms with Gasteiger partial charge in [-0.2, -0.15) is 0 Å². The third kappa shape index (κ3) is 4.88. The highest BCUT2D eigenvalue weighted by atomic mass is 79.9. The summed E-state index contributed by atoms with van der Waals surface area (Å²) in [6, 6.07) is 24.4. The van der Waals surface area contributed by atoms with Crippen molar-refractivity contribution in [2.45, 2.75) is 22.8 Å². The fraction of sp³-hybridized carbons (Fsp3) is 0.111. The molecule has 1 aromatic heterocycles. The van der Waals surface area contributed by atoms with Crippen molar-refractivity contribution < 1.29 is 13.3 Å². The van der Waals surface area contributed by atoms with Gasteiger partial charge in [0, 0.05) is 49.9 Å². The number of hydrogen-bond acceptors (Lipinski definition) is 5. The lowest BCUT2D eigenvalue weighted by Crippen LogP contribution is -2.11. The molecular weight excluding hydrogens is 622 g/mol. The van der Waals surface area contributed by atoms with Gasteiger partial charge in [0.1, 0.15) is 4.90 Å². The number of nitrogens with one attached hydrogen (secondary N) is 1. The molecule has 0 fully saturated rings. The number of fused-ring (bicyclic) bond motifs is 3. The number of hydrogen-bond donors (Lipinski definition) is 1. The zero-order chi connectivity index (χ0) is 26.2. The smallest absolute Gasteiger partial charge is 0.288 e. The molecule has 0 atom stereocenters. The van der Waals surface area contributed by atoms with Crippen LogP contribution in [0.15, 0.2) is 104 Å². The first-order chi connectivity index (χ1) is 17.8. The Morgan fingerprint density at radius 1 is 0.811 bits per heavy atom. The zero-order valence-electron chi connectivity index (χ0n) is 19.4. The lowest BCUT2D eigenvalue weighted by molar-refractivity contribution is -0.387. The molecule has 37 heavy (non-hydrogen) atoms. The first-order valence-corrected chi connectivity index (χ1v) is 14.5. The Kier molecular flexibility index (Phi) is 7.06. The standard InChI is InChI=1S/C27H21Br2N3O4S/c28-18-10-12-23-20(16-18)21-17-19(29)11-13-24(21)31(23)15-5-14-30-22-6-1-3-8-26(22)37(35,36)27-9-4-2-7-25(27)32(33)34/h1-4,6-13,16-17,30H,5,14-15H2. The largest absolute Gasteiger partial charge is 0.384 e. The molecule has 188 valence electrons. The van der Waals surface area contributed by atoms with Gasteiger partial charge in [0.25, 0.3) is 5.69 Å². The zero-order valence-corrected chi connectivity index (χ0v) is 23.4. The van der Waals surface area contributed by atoms with Gasteiger partial charge in [-0.05, 0) is 61.0 Å². The van der Waals surface area contributed by atoms with Gasteiger partial charge in [-0.1, -0.05) is 56.1 Å². The lowest BCUT2D eigenvalue weighted by Gasteiger charge is -2.14. The van der Waals surface area contributed by atoms with Crippen LogP contribution in [0.2, 0.25) is 0 Å². The third-order valence-electron chi connectivity index (χ3n) is 6.19. The van der Waals surface area contributed by atoms with Crippen LogP contribution in [0, 0.1) is 10.1 Å². The monoisotopic (exact) mass is 641 g/mol. The van der Waals surface area contributed by atoms with Gasteiger partial charge in [0.15, 0.2) is 0 Å². The van der Waals surface area contributed by atoms with E-state index >= 15 is 0 Å². The molecule has 5 rings (SSSR count). The summed E-state index contributed by atoms with van der Waals surface area (Å²) in [6.07, 6.45) is 0.727. The molecule has 0 spiro atoms. The van der Waals surface area contributed by atoms with Crippen LogP contribution in [-0.2, 0) is 16.4 Å². The number of aryl methyl sites for hydroxylation is 1. The van der Waals surface area contributed by atoms with Crippen molar-refractivity contribution in [1.29, 1.82) is 0 Å². The summed E-state index contributed by atoms with van der Waals surface area (Å²) in [7, 11) is -4.11. The predicted octanol–water partition coefficient (Wildman–Crippen LogP) is 7.56. The molecule has 10 heteroatoms. The van der Waals surface area contributed by atoms with Crippen LogP contribution in [0.25, 0.3) is 21.8 Å². The molecule has 1 N–H and O–H groups in total. The Balaban J connectivity index is 1.40. The number of aromatic nitrogens is 1. The van der Waals surface area contributed by atoms with Crippen LogP contribution in [0.3, 0.4) is 0 Å². The minimum Gasteiger partial charge on any atom is -0.384 e. The third-order valence-corrected chi connectivity index (χ3v) is 9.04. The maximum absolute atomic E-state index is 13.4. The van der Waals surface area contributed by atoms with Crippen LogP contribution in [0.1, 0.15) is 6.42 Å². The summed E-state index contributed by atoms with van der Waals surface area (Å²) in [5, 5.41) is 17.0. The summed E-state index contributed by atoms with van der Waals surface area (Å²) < 4.78 is 31.1. The van der Waals surface area contributed by atoms with Gasteiger partial charge in [0.2, 0.25) is 9.84 Å². The molecule has 0 aliphatic carbocycles. The molecule has 0 amide bonds. The number of anilines is 1. The first-order valence-electron chi connectivity index (χ1n) is 11.5. The van der Waals surface area contributed by atoms with E-state index in [2.05, 4.69) is 66.0 Å². The SMILES string of the molecule is O=[N+]([O-])c1ccccc1S(=O)(=O)c1ccccc1NCCCn1c2ccc(Br)cc2c2cc(Br)ccc21. The van der Waals surface area contributed by atoms with Crippen molar-refractivity contribution in [2.24, 2.45) is 0 Å². The molecule has 0 saturated carbocycles. The molecule has 0 radical (unpaired) electrons. The fourth-order valence-electron chi connectivity index (χ4n) is 4.55. The van der Waals surface area contributed by atoms with Crippen molar-refractivity contribution in [2.75, 3.05) is 11.9 Å². The van der Waals surface area contributed by atoms with Gasteiger partial charge < -0.3 is 9.88 Å². The normalized spacial score (nSPS) is 11.7. The van der Waals surface area contributed by atoms with E-state index in [1.165, 1.54) is 30.3 Å². The average molecular weight is 643 g/mol. The lowest BCUT2D eigenvalue weighted by atomic mass is 10.2. The maximum Gasteiger partial charge on any atom is 0.288 e. The highest BCUT2D eigenvalue weighted by Crippen LogP contribution is 2.34. The molecule has 0 aliphatic rings. The first kappa shape index (κ1) is 25.4. The Morgan fingerprint density at radius 3 is 2.00 bits per heavy atom. The molecular formula is C27H21Br2N3O4S. The van der Waals surface area contributed by atoms with E-state index in [9.17, 15) is 18.5 Å². The summed E-state index contributed by atoms with van der Waals surface area (Å²) >= 11 is 7.14. The van der Waals surface area contributed by atoms with Crippen LogP contribution >= 0.6 is 31.9 Å². The van der Waals surface area contributed by atoms with E-state index in [4.69, 9.17) is 0 Å². The number of nitro groups is 1. The number of sulfone groups is 1.